The minimum Gasteiger partial charge on any atom is -0.326 e. The lowest BCUT2D eigenvalue weighted by atomic mass is 10.1. The van der Waals surface area contributed by atoms with Crippen LogP contribution in [0, 0.1) is 5.92 Å². The molecule has 2 fully saturated rings. The first kappa shape index (κ1) is 6.66. The van der Waals surface area contributed by atoms with Crippen LogP contribution in [0.2, 0.25) is 0 Å². The Bertz CT molecular complexity index is 123. The first-order chi connectivity index (χ1) is 4.79. The maximum Gasteiger partial charge on any atom is 0.0839 e. The lowest BCUT2D eigenvalue weighted by Gasteiger charge is -2.42. The zero-order valence-corrected chi connectivity index (χ0v) is 6.97. The summed E-state index contributed by atoms with van der Waals surface area (Å²) in [5.74, 6) is 1.13. The molecule has 1 nitrogen and oxygen atoms in total. The van der Waals surface area contributed by atoms with Gasteiger partial charge >= 0.3 is 0 Å². The van der Waals surface area contributed by atoms with E-state index in [9.17, 15) is 0 Å². The topological polar surface area (TPSA) is 0 Å². The van der Waals surface area contributed by atoms with E-state index in [0.29, 0.717) is 0 Å². The predicted octanol–water partition coefficient (Wildman–Crippen LogP) is 1.64. The normalized spacial score (nSPS) is 29.7. The molecule has 1 heteroatoms. The summed E-state index contributed by atoms with van der Waals surface area (Å²) in [7, 11) is 2.41. The molecule has 1 aliphatic heterocycles. The second-order valence-corrected chi connectivity index (χ2v) is 4.38. The first-order valence-electron chi connectivity index (χ1n) is 4.62. The quantitative estimate of drug-likeness (QED) is 0.523. The SMILES string of the molecule is C[N+]1(CCC2CC2)CCC1. The molecule has 0 unspecified atom stereocenters. The molecule has 0 radical (unpaired) electrons. The maximum absolute atomic E-state index is 2.41. The van der Waals surface area contributed by atoms with Gasteiger partial charge in [-0.25, -0.2) is 0 Å². The Morgan fingerprint density at radius 2 is 2.00 bits per heavy atom. The van der Waals surface area contributed by atoms with Gasteiger partial charge in [0, 0.05) is 6.42 Å². The van der Waals surface area contributed by atoms with E-state index in [0.717, 1.165) is 5.92 Å². The number of hydrogen-bond donors (Lipinski definition) is 0. The van der Waals surface area contributed by atoms with Crippen LogP contribution in [0.15, 0.2) is 0 Å². The van der Waals surface area contributed by atoms with Crippen LogP contribution in [0.5, 0.6) is 0 Å². The van der Waals surface area contributed by atoms with Crippen molar-refractivity contribution in [1.82, 2.24) is 0 Å². The van der Waals surface area contributed by atoms with E-state index in [1.807, 2.05) is 0 Å². The second-order valence-electron chi connectivity index (χ2n) is 4.38. The van der Waals surface area contributed by atoms with Gasteiger partial charge in [-0.3, -0.25) is 0 Å². The zero-order valence-electron chi connectivity index (χ0n) is 6.97. The minimum absolute atomic E-state index is 1.13. The zero-order chi connectivity index (χ0) is 7.03. The van der Waals surface area contributed by atoms with Crippen LogP contribution >= 0.6 is 0 Å². The monoisotopic (exact) mass is 140 g/mol. The van der Waals surface area contributed by atoms with E-state index < -0.39 is 0 Å². The fraction of sp³-hybridized carbons (Fsp3) is 1.00. The van der Waals surface area contributed by atoms with Gasteiger partial charge in [0.1, 0.15) is 0 Å². The first-order valence-corrected chi connectivity index (χ1v) is 4.62. The molecule has 1 aliphatic carbocycles. The summed E-state index contributed by atoms with van der Waals surface area (Å²) in [6.45, 7) is 4.37. The van der Waals surface area contributed by atoms with Crippen molar-refractivity contribution in [1.29, 1.82) is 0 Å². The van der Waals surface area contributed by atoms with Crippen molar-refractivity contribution in [3.63, 3.8) is 0 Å². The number of quaternary nitrogens is 1. The molecule has 0 amide bonds. The van der Waals surface area contributed by atoms with Gasteiger partial charge in [0.15, 0.2) is 0 Å². The Morgan fingerprint density at radius 3 is 2.40 bits per heavy atom. The average molecular weight is 140 g/mol. The van der Waals surface area contributed by atoms with E-state index in [4.69, 9.17) is 0 Å². The third kappa shape index (κ3) is 1.34. The average Bonchev–Trinajstić information content (AvgIpc) is 2.61. The van der Waals surface area contributed by atoms with Crippen molar-refractivity contribution in [3.8, 4) is 0 Å². The smallest absolute Gasteiger partial charge is 0.0839 e. The lowest BCUT2D eigenvalue weighted by molar-refractivity contribution is -0.946. The van der Waals surface area contributed by atoms with E-state index in [2.05, 4.69) is 7.05 Å². The Labute approximate surface area is 63.6 Å². The maximum atomic E-state index is 2.41. The highest BCUT2D eigenvalue weighted by Gasteiger charge is 2.32. The number of rotatable bonds is 3. The van der Waals surface area contributed by atoms with Crippen LogP contribution in [0.1, 0.15) is 25.7 Å². The molecule has 1 heterocycles. The molecule has 0 aromatic carbocycles. The third-order valence-electron chi connectivity index (χ3n) is 3.17. The Kier molecular flexibility index (Phi) is 1.48. The van der Waals surface area contributed by atoms with E-state index in [1.54, 1.807) is 0 Å². The van der Waals surface area contributed by atoms with E-state index in [-0.39, 0.29) is 0 Å². The number of likely N-dealkylation sites (tertiary alicyclic amines) is 1. The second kappa shape index (κ2) is 2.23. The molecule has 1 saturated heterocycles. The minimum atomic E-state index is 1.13. The molecule has 10 heavy (non-hydrogen) atoms. The van der Waals surface area contributed by atoms with Crippen LogP contribution in [0.4, 0.5) is 0 Å². The van der Waals surface area contributed by atoms with E-state index >= 15 is 0 Å². The van der Waals surface area contributed by atoms with Crippen molar-refractivity contribution in [2.45, 2.75) is 25.7 Å². The molecule has 0 spiro atoms. The molecular formula is C9H18N+. The molecule has 1 saturated carbocycles. The van der Waals surface area contributed by atoms with Crippen molar-refractivity contribution in [2.75, 3.05) is 26.7 Å². The Morgan fingerprint density at radius 1 is 1.30 bits per heavy atom. The summed E-state index contributed by atoms with van der Waals surface area (Å²) in [5.41, 5.74) is 0. The molecule has 0 atom stereocenters. The summed E-state index contributed by atoms with van der Waals surface area (Å²) in [4.78, 5) is 0. The highest BCUT2D eigenvalue weighted by atomic mass is 15.4. The summed E-state index contributed by atoms with van der Waals surface area (Å²) in [5, 5.41) is 0. The molecule has 2 aliphatic rings. The standard InChI is InChI=1S/C9H18N/c1-10(6-2-7-10)8-5-9-3-4-9/h9H,2-8H2,1H3/q+1. The van der Waals surface area contributed by atoms with Gasteiger partial charge < -0.3 is 4.48 Å². The van der Waals surface area contributed by atoms with E-state index in [1.165, 1.54) is 49.8 Å². The number of nitrogens with zero attached hydrogens (tertiary/aromatic N) is 1. The van der Waals surface area contributed by atoms with Gasteiger partial charge in [-0.15, -0.1) is 0 Å². The summed E-state index contributed by atoms with van der Waals surface area (Å²) in [6.07, 6.45) is 6.04. The summed E-state index contributed by atoms with van der Waals surface area (Å²) >= 11 is 0. The highest BCUT2D eigenvalue weighted by Crippen LogP contribution is 2.33. The van der Waals surface area contributed by atoms with Crippen molar-refractivity contribution in [2.24, 2.45) is 5.92 Å². The van der Waals surface area contributed by atoms with Gasteiger partial charge in [-0.05, 0) is 25.2 Å². The van der Waals surface area contributed by atoms with Crippen molar-refractivity contribution < 1.29 is 4.48 Å². The fourth-order valence-corrected chi connectivity index (χ4v) is 1.82. The highest BCUT2D eigenvalue weighted by molar-refractivity contribution is 4.73. The van der Waals surface area contributed by atoms with Gasteiger partial charge in [-0.2, -0.15) is 0 Å². The predicted molar refractivity (Wildman–Crippen MR) is 42.7 cm³/mol. The Hall–Kier alpha value is -0.0400. The van der Waals surface area contributed by atoms with Crippen LogP contribution in [-0.2, 0) is 0 Å². The van der Waals surface area contributed by atoms with Gasteiger partial charge in [0.05, 0.1) is 26.7 Å². The summed E-state index contributed by atoms with van der Waals surface area (Å²) in [6, 6.07) is 0. The van der Waals surface area contributed by atoms with Crippen molar-refractivity contribution in [3.05, 3.63) is 0 Å². The molecule has 0 aromatic rings. The molecule has 58 valence electrons. The number of hydrogen-bond acceptors (Lipinski definition) is 0. The van der Waals surface area contributed by atoms with Crippen LogP contribution in [-0.4, -0.2) is 31.2 Å². The largest absolute Gasteiger partial charge is 0.326 e. The van der Waals surface area contributed by atoms with Crippen molar-refractivity contribution >= 4 is 0 Å². The van der Waals surface area contributed by atoms with Crippen LogP contribution < -0.4 is 0 Å². The van der Waals surface area contributed by atoms with Crippen LogP contribution in [0.25, 0.3) is 0 Å². The molecular weight excluding hydrogens is 122 g/mol. The molecule has 0 bridgehead atoms. The molecule has 0 aromatic heterocycles. The fourth-order valence-electron chi connectivity index (χ4n) is 1.82. The Balaban J connectivity index is 1.67. The van der Waals surface area contributed by atoms with Gasteiger partial charge in [-0.1, -0.05) is 0 Å². The van der Waals surface area contributed by atoms with Gasteiger partial charge in [0.2, 0.25) is 0 Å². The molecule has 0 N–H and O–H groups in total. The third-order valence-corrected chi connectivity index (χ3v) is 3.17. The van der Waals surface area contributed by atoms with Crippen LogP contribution in [0.3, 0.4) is 0 Å². The molecule has 2 rings (SSSR count). The lowest BCUT2D eigenvalue weighted by Crippen LogP contribution is -2.55. The van der Waals surface area contributed by atoms with Gasteiger partial charge in [0.25, 0.3) is 0 Å². The summed E-state index contributed by atoms with van der Waals surface area (Å²) < 4.78 is 1.39.